The van der Waals surface area contributed by atoms with Crippen LogP contribution in [0.1, 0.15) is 17.9 Å². The van der Waals surface area contributed by atoms with Crippen molar-refractivity contribution in [3.8, 4) is 0 Å². The molecule has 0 bridgehead atoms. The van der Waals surface area contributed by atoms with Gasteiger partial charge in [-0.15, -0.1) is 0 Å². The van der Waals surface area contributed by atoms with Crippen LogP contribution in [0.15, 0.2) is 41.1 Å². The minimum absolute atomic E-state index is 0.0931. The zero-order chi connectivity index (χ0) is 14.8. The number of hydrogen-bond donors (Lipinski definition) is 1. The maximum atomic E-state index is 12.1. The number of hydrogen-bond acceptors (Lipinski definition) is 2. The second-order valence-corrected chi connectivity index (χ2v) is 6.57. The highest BCUT2D eigenvalue weighted by molar-refractivity contribution is 9.10. The van der Waals surface area contributed by atoms with Crippen molar-refractivity contribution in [1.29, 1.82) is 0 Å². The van der Waals surface area contributed by atoms with Crippen LogP contribution in [-0.2, 0) is 11.3 Å². The summed E-state index contributed by atoms with van der Waals surface area (Å²) < 4.78 is 2.74. The van der Waals surface area contributed by atoms with E-state index in [1.807, 2.05) is 30.5 Å². The van der Waals surface area contributed by atoms with Crippen molar-refractivity contribution >= 4 is 33.4 Å². The van der Waals surface area contributed by atoms with Gasteiger partial charge in [0.2, 0.25) is 5.91 Å². The summed E-state index contributed by atoms with van der Waals surface area (Å²) in [5.41, 5.74) is 1.19. The van der Waals surface area contributed by atoms with Gasteiger partial charge in [0.05, 0.1) is 17.2 Å². The summed E-state index contributed by atoms with van der Waals surface area (Å²) in [6.07, 6.45) is 4.54. The Labute approximate surface area is 136 Å². The number of halogens is 2. The summed E-state index contributed by atoms with van der Waals surface area (Å²) in [4.78, 5) is 12.1. The Balaban J connectivity index is 1.46. The standard InChI is InChI=1S/C15H15BrClN3O/c16-11-8-19-20(9-11)6-5-18-15(21)14-7-13(14)10-1-3-12(17)4-2-10/h1-4,8-9,13-14H,5-7H2,(H,18,21). The molecule has 2 unspecified atom stereocenters. The lowest BCUT2D eigenvalue weighted by Gasteiger charge is -2.05. The third-order valence-electron chi connectivity index (χ3n) is 3.67. The Morgan fingerprint density at radius 1 is 1.43 bits per heavy atom. The fourth-order valence-electron chi connectivity index (χ4n) is 2.45. The first-order valence-electron chi connectivity index (χ1n) is 6.84. The minimum Gasteiger partial charge on any atom is -0.354 e. The Hall–Kier alpha value is -1.33. The average Bonchev–Trinajstić information content (AvgIpc) is 3.16. The second kappa shape index (κ2) is 6.20. The van der Waals surface area contributed by atoms with Gasteiger partial charge in [-0.25, -0.2) is 0 Å². The summed E-state index contributed by atoms with van der Waals surface area (Å²) in [7, 11) is 0. The molecular weight excluding hydrogens is 354 g/mol. The fourth-order valence-corrected chi connectivity index (χ4v) is 2.90. The molecule has 1 aliphatic rings. The van der Waals surface area contributed by atoms with Gasteiger partial charge in [0, 0.05) is 23.7 Å². The van der Waals surface area contributed by atoms with Crippen LogP contribution in [-0.4, -0.2) is 22.2 Å². The number of amides is 1. The monoisotopic (exact) mass is 367 g/mol. The van der Waals surface area contributed by atoms with Crippen molar-refractivity contribution in [3.05, 3.63) is 51.7 Å². The molecule has 6 heteroatoms. The van der Waals surface area contributed by atoms with Crippen LogP contribution in [0.2, 0.25) is 5.02 Å². The third kappa shape index (κ3) is 3.66. The SMILES string of the molecule is O=C(NCCn1cc(Br)cn1)C1CC1c1ccc(Cl)cc1. The summed E-state index contributed by atoms with van der Waals surface area (Å²) in [5.74, 6) is 0.554. The van der Waals surface area contributed by atoms with E-state index in [1.165, 1.54) is 5.56 Å². The normalized spacial score (nSPS) is 20.3. The van der Waals surface area contributed by atoms with Gasteiger partial charge < -0.3 is 5.32 Å². The van der Waals surface area contributed by atoms with Gasteiger partial charge in [-0.05, 0) is 46.0 Å². The summed E-state index contributed by atoms with van der Waals surface area (Å²) in [6.45, 7) is 1.27. The van der Waals surface area contributed by atoms with Crippen molar-refractivity contribution in [3.63, 3.8) is 0 Å². The fraction of sp³-hybridized carbons (Fsp3) is 0.333. The maximum Gasteiger partial charge on any atom is 0.223 e. The summed E-state index contributed by atoms with van der Waals surface area (Å²) >= 11 is 9.22. The molecule has 1 aliphatic carbocycles. The van der Waals surface area contributed by atoms with E-state index in [2.05, 4.69) is 26.3 Å². The van der Waals surface area contributed by atoms with Crippen LogP contribution in [0.4, 0.5) is 0 Å². The van der Waals surface area contributed by atoms with Crippen LogP contribution in [0.3, 0.4) is 0 Å². The van der Waals surface area contributed by atoms with E-state index >= 15 is 0 Å². The first kappa shape index (κ1) is 14.6. The number of nitrogens with zero attached hydrogens (tertiary/aromatic N) is 2. The molecule has 0 radical (unpaired) electrons. The van der Waals surface area contributed by atoms with Crippen molar-refractivity contribution < 1.29 is 4.79 Å². The predicted molar refractivity (Wildman–Crippen MR) is 85.2 cm³/mol. The van der Waals surface area contributed by atoms with Crippen molar-refractivity contribution in [2.24, 2.45) is 5.92 Å². The van der Waals surface area contributed by atoms with E-state index in [0.717, 1.165) is 15.9 Å². The lowest BCUT2D eigenvalue weighted by atomic mass is 10.1. The molecule has 1 aromatic carbocycles. The quantitative estimate of drug-likeness (QED) is 0.881. The average molecular weight is 369 g/mol. The molecule has 3 rings (SSSR count). The smallest absolute Gasteiger partial charge is 0.223 e. The lowest BCUT2D eigenvalue weighted by molar-refractivity contribution is -0.122. The van der Waals surface area contributed by atoms with Gasteiger partial charge in [0.15, 0.2) is 0 Å². The Bertz CT molecular complexity index is 641. The molecule has 110 valence electrons. The third-order valence-corrected chi connectivity index (χ3v) is 4.33. The highest BCUT2D eigenvalue weighted by Gasteiger charge is 2.43. The number of benzene rings is 1. The van der Waals surface area contributed by atoms with Crippen LogP contribution in [0, 0.1) is 5.92 Å². The van der Waals surface area contributed by atoms with Crippen molar-refractivity contribution in [2.75, 3.05) is 6.54 Å². The Kier molecular flexibility index (Phi) is 4.31. The predicted octanol–water partition coefficient (Wildman–Crippen LogP) is 3.22. The van der Waals surface area contributed by atoms with Gasteiger partial charge in [-0.2, -0.15) is 5.10 Å². The second-order valence-electron chi connectivity index (χ2n) is 5.21. The highest BCUT2D eigenvalue weighted by Crippen LogP contribution is 2.47. The van der Waals surface area contributed by atoms with E-state index in [-0.39, 0.29) is 11.8 Å². The summed E-state index contributed by atoms with van der Waals surface area (Å²) in [5, 5.41) is 7.85. The lowest BCUT2D eigenvalue weighted by Crippen LogP contribution is -2.29. The van der Waals surface area contributed by atoms with E-state index in [4.69, 9.17) is 11.6 Å². The molecule has 2 atom stereocenters. The zero-order valence-corrected chi connectivity index (χ0v) is 13.6. The van der Waals surface area contributed by atoms with Crippen LogP contribution < -0.4 is 5.32 Å². The van der Waals surface area contributed by atoms with Gasteiger partial charge in [0.1, 0.15) is 0 Å². The van der Waals surface area contributed by atoms with E-state index in [0.29, 0.717) is 19.0 Å². The van der Waals surface area contributed by atoms with Crippen LogP contribution in [0.25, 0.3) is 0 Å². The van der Waals surface area contributed by atoms with E-state index in [9.17, 15) is 4.79 Å². The minimum atomic E-state index is 0.0931. The molecule has 0 aliphatic heterocycles. The first-order valence-corrected chi connectivity index (χ1v) is 8.02. The Morgan fingerprint density at radius 2 is 2.19 bits per heavy atom. The maximum absolute atomic E-state index is 12.1. The number of aromatic nitrogens is 2. The molecule has 0 saturated heterocycles. The molecule has 1 heterocycles. The number of carbonyl (C=O) groups is 1. The van der Waals surface area contributed by atoms with Crippen molar-refractivity contribution in [1.82, 2.24) is 15.1 Å². The Morgan fingerprint density at radius 3 is 2.86 bits per heavy atom. The van der Waals surface area contributed by atoms with Gasteiger partial charge >= 0.3 is 0 Å². The van der Waals surface area contributed by atoms with Gasteiger partial charge in [-0.3, -0.25) is 9.48 Å². The molecule has 0 spiro atoms. The number of rotatable bonds is 5. The highest BCUT2D eigenvalue weighted by atomic mass is 79.9. The first-order chi connectivity index (χ1) is 10.1. The van der Waals surface area contributed by atoms with E-state index in [1.54, 1.807) is 10.9 Å². The molecule has 1 N–H and O–H groups in total. The van der Waals surface area contributed by atoms with Gasteiger partial charge in [0.25, 0.3) is 0 Å². The van der Waals surface area contributed by atoms with Gasteiger partial charge in [-0.1, -0.05) is 23.7 Å². The van der Waals surface area contributed by atoms with Crippen LogP contribution in [0.5, 0.6) is 0 Å². The molecule has 4 nitrogen and oxygen atoms in total. The topological polar surface area (TPSA) is 46.9 Å². The molecule has 1 fully saturated rings. The molecule has 2 aromatic rings. The number of nitrogens with one attached hydrogen (secondary N) is 1. The molecule has 21 heavy (non-hydrogen) atoms. The zero-order valence-electron chi connectivity index (χ0n) is 11.3. The summed E-state index contributed by atoms with van der Waals surface area (Å²) in [6, 6.07) is 7.75. The largest absolute Gasteiger partial charge is 0.354 e. The molecule has 1 aromatic heterocycles. The molecule has 1 amide bonds. The molecule has 1 saturated carbocycles. The number of carbonyl (C=O) groups excluding carboxylic acids is 1. The van der Waals surface area contributed by atoms with E-state index < -0.39 is 0 Å². The van der Waals surface area contributed by atoms with Crippen molar-refractivity contribution in [2.45, 2.75) is 18.9 Å². The molecular formula is C15H15BrClN3O. The van der Waals surface area contributed by atoms with Crippen LogP contribution >= 0.6 is 27.5 Å².